The van der Waals surface area contributed by atoms with Crippen molar-refractivity contribution in [2.75, 3.05) is 0 Å². The van der Waals surface area contributed by atoms with E-state index in [1.54, 1.807) is 0 Å². The second-order valence-corrected chi connectivity index (χ2v) is 5.92. The molecule has 0 fully saturated rings. The maximum atomic E-state index is 5.84. The number of benzene rings is 2. The third-order valence-electron chi connectivity index (χ3n) is 4.05. The minimum atomic E-state index is 0.412. The molecule has 2 N–H and O–H groups in total. The molecule has 0 radical (unpaired) electrons. The van der Waals surface area contributed by atoms with Crippen molar-refractivity contribution in [1.29, 1.82) is 0 Å². The van der Waals surface area contributed by atoms with Gasteiger partial charge in [-0.1, -0.05) is 47.2 Å². The molecule has 3 rings (SSSR count). The van der Waals surface area contributed by atoms with Crippen molar-refractivity contribution < 1.29 is 0 Å². The van der Waals surface area contributed by atoms with E-state index in [0.717, 1.165) is 29.9 Å². The van der Waals surface area contributed by atoms with Crippen molar-refractivity contribution in [2.24, 2.45) is 5.73 Å². The first kappa shape index (κ1) is 15.4. The SMILES string of the molecule is Cc1ccc(CCc2c(CN)nnn2-c2cccc(C)c2)cc1. The predicted octanol–water partition coefficient (Wildman–Crippen LogP) is 3.13. The van der Waals surface area contributed by atoms with E-state index in [2.05, 4.69) is 66.6 Å². The number of aromatic nitrogens is 3. The molecule has 4 heteroatoms. The molecule has 0 aliphatic carbocycles. The fourth-order valence-corrected chi connectivity index (χ4v) is 2.73. The Bertz CT molecular complexity index is 787. The summed E-state index contributed by atoms with van der Waals surface area (Å²) in [6, 6.07) is 16.9. The molecule has 4 nitrogen and oxygen atoms in total. The summed E-state index contributed by atoms with van der Waals surface area (Å²) in [4.78, 5) is 0. The Morgan fingerprint density at radius 2 is 1.74 bits per heavy atom. The van der Waals surface area contributed by atoms with Crippen LogP contribution in [0, 0.1) is 13.8 Å². The molecule has 0 saturated heterocycles. The highest BCUT2D eigenvalue weighted by molar-refractivity contribution is 5.37. The Morgan fingerprint density at radius 1 is 0.957 bits per heavy atom. The summed E-state index contributed by atoms with van der Waals surface area (Å²) >= 11 is 0. The first-order valence-corrected chi connectivity index (χ1v) is 7.93. The van der Waals surface area contributed by atoms with Crippen LogP contribution < -0.4 is 5.73 Å². The van der Waals surface area contributed by atoms with Gasteiger partial charge in [0.15, 0.2) is 0 Å². The van der Waals surface area contributed by atoms with Crippen LogP contribution in [0.3, 0.4) is 0 Å². The van der Waals surface area contributed by atoms with E-state index >= 15 is 0 Å². The zero-order valence-electron chi connectivity index (χ0n) is 13.7. The second kappa shape index (κ2) is 6.75. The van der Waals surface area contributed by atoms with Crippen LogP contribution in [0.5, 0.6) is 0 Å². The van der Waals surface area contributed by atoms with E-state index in [-0.39, 0.29) is 0 Å². The molecule has 1 aromatic heterocycles. The first-order valence-electron chi connectivity index (χ1n) is 7.93. The fraction of sp³-hybridized carbons (Fsp3) is 0.263. The van der Waals surface area contributed by atoms with Gasteiger partial charge in [0.05, 0.1) is 17.1 Å². The molecule has 1 heterocycles. The Morgan fingerprint density at radius 3 is 2.43 bits per heavy atom. The third-order valence-corrected chi connectivity index (χ3v) is 4.05. The van der Waals surface area contributed by atoms with Crippen LogP contribution in [0.15, 0.2) is 48.5 Å². The standard InChI is InChI=1S/C19H22N4/c1-14-6-8-16(9-7-14)10-11-19-18(13-20)21-22-23(19)17-5-3-4-15(2)12-17/h3-9,12H,10-11,13,20H2,1-2H3. The van der Waals surface area contributed by atoms with Crippen molar-refractivity contribution in [3.05, 3.63) is 76.6 Å². The second-order valence-electron chi connectivity index (χ2n) is 5.92. The summed E-state index contributed by atoms with van der Waals surface area (Å²) in [5.41, 5.74) is 12.7. The van der Waals surface area contributed by atoms with Gasteiger partial charge in [-0.25, -0.2) is 4.68 Å². The lowest BCUT2D eigenvalue weighted by molar-refractivity contribution is 0.751. The molecule has 0 aliphatic rings. The van der Waals surface area contributed by atoms with Gasteiger partial charge in [-0.05, 0) is 49.9 Å². The lowest BCUT2D eigenvalue weighted by atomic mass is 10.1. The third kappa shape index (κ3) is 3.48. The van der Waals surface area contributed by atoms with Crippen LogP contribution in [0.2, 0.25) is 0 Å². The van der Waals surface area contributed by atoms with E-state index in [9.17, 15) is 0 Å². The predicted molar refractivity (Wildman–Crippen MR) is 92.6 cm³/mol. The lowest BCUT2D eigenvalue weighted by Gasteiger charge is -2.09. The molecular weight excluding hydrogens is 284 g/mol. The topological polar surface area (TPSA) is 56.7 Å². The summed E-state index contributed by atoms with van der Waals surface area (Å²) in [5, 5.41) is 8.57. The Kier molecular flexibility index (Phi) is 4.53. The number of aryl methyl sites for hydroxylation is 3. The van der Waals surface area contributed by atoms with Crippen molar-refractivity contribution in [2.45, 2.75) is 33.2 Å². The summed E-state index contributed by atoms with van der Waals surface area (Å²) in [7, 11) is 0. The van der Waals surface area contributed by atoms with Crippen LogP contribution in [-0.4, -0.2) is 15.0 Å². The van der Waals surface area contributed by atoms with Crippen LogP contribution in [0.4, 0.5) is 0 Å². The molecule has 0 amide bonds. The number of nitrogens with two attached hydrogens (primary N) is 1. The molecule has 0 unspecified atom stereocenters. The molecule has 118 valence electrons. The van der Waals surface area contributed by atoms with Crippen molar-refractivity contribution in [3.63, 3.8) is 0 Å². The van der Waals surface area contributed by atoms with Gasteiger partial charge in [0.1, 0.15) is 0 Å². The highest BCUT2D eigenvalue weighted by Gasteiger charge is 2.13. The Labute approximate surface area is 137 Å². The van der Waals surface area contributed by atoms with Crippen molar-refractivity contribution in [3.8, 4) is 5.69 Å². The molecule has 0 saturated carbocycles. The lowest BCUT2D eigenvalue weighted by Crippen LogP contribution is -2.08. The van der Waals surface area contributed by atoms with Crippen LogP contribution in [-0.2, 0) is 19.4 Å². The summed E-state index contributed by atoms with van der Waals surface area (Å²) < 4.78 is 1.92. The maximum absolute atomic E-state index is 5.84. The summed E-state index contributed by atoms with van der Waals surface area (Å²) in [5.74, 6) is 0. The van der Waals surface area contributed by atoms with Gasteiger partial charge in [0, 0.05) is 6.54 Å². The minimum absolute atomic E-state index is 0.412. The summed E-state index contributed by atoms with van der Waals surface area (Å²) in [6.07, 6.45) is 1.82. The van der Waals surface area contributed by atoms with Crippen molar-refractivity contribution >= 4 is 0 Å². The van der Waals surface area contributed by atoms with E-state index in [1.165, 1.54) is 16.7 Å². The van der Waals surface area contributed by atoms with Gasteiger partial charge in [-0.3, -0.25) is 0 Å². The van der Waals surface area contributed by atoms with Crippen LogP contribution in [0.25, 0.3) is 5.69 Å². The van der Waals surface area contributed by atoms with Crippen LogP contribution >= 0.6 is 0 Å². The highest BCUT2D eigenvalue weighted by Crippen LogP contribution is 2.17. The van der Waals surface area contributed by atoms with Gasteiger partial charge in [-0.15, -0.1) is 5.10 Å². The highest BCUT2D eigenvalue weighted by atomic mass is 15.4. The largest absolute Gasteiger partial charge is 0.325 e. The van der Waals surface area contributed by atoms with E-state index in [4.69, 9.17) is 5.73 Å². The smallest absolute Gasteiger partial charge is 0.0999 e. The molecule has 23 heavy (non-hydrogen) atoms. The Hall–Kier alpha value is -2.46. The Balaban J connectivity index is 1.88. The zero-order chi connectivity index (χ0) is 16.2. The molecule has 2 aromatic carbocycles. The van der Waals surface area contributed by atoms with E-state index in [1.807, 2.05) is 10.7 Å². The maximum Gasteiger partial charge on any atom is 0.0999 e. The molecule has 0 spiro atoms. The molecule has 0 aliphatic heterocycles. The van der Waals surface area contributed by atoms with E-state index < -0.39 is 0 Å². The average Bonchev–Trinajstić information content (AvgIpc) is 2.97. The molecule has 0 bridgehead atoms. The van der Waals surface area contributed by atoms with Gasteiger partial charge in [-0.2, -0.15) is 0 Å². The molecule has 3 aromatic rings. The number of hydrogen-bond donors (Lipinski definition) is 1. The first-order chi connectivity index (χ1) is 11.2. The number of hydrogen-bond acceptors (Lipinski definition) is 3. The molecular formula is C19H22N4. The molecule has 0 atom stereocenters. The van der Waals surface area contributed by atoms with Crippen molar-refractivity contribution in [1.82, 2.24) is 15.0 Å². The normalized spacial score (nSPS) is 10.9. The van der Waals surface area contributed by atoms with Gasteiger partial charge < -0.3 is 5.73 Å². The zero-order valence-corrected chi connectivity index (χ0v) is 13.7. The fourth-order valence-electron chi connectivity index (χ4n) is 2.73. The minimum Gasteiger partial charge on any atom is -0.325 e. The summed E-state index contributed by atoms with van der Waals surface area (Å²) in [6.45, 7) is 4.60. The average molecular weight is 306 g/mol. The number of nitrogens with zero attached hydrogens (tertiary/aromatic N) is 3. The quantitative estimate of drug-likeness (QED) is 0.788. The van der Waals surface area contributed by atoms with Gasteiger partial charge in [0.2, 0.25) is 0 Å². The van der Waals surface area contributed by atoms with Gasteiger partial charge in [0.25, 0.3) is 0 Å². The number of rotatable bonds is 5. The van der Waals surface area contributed by atoms with Crippen LogP contribution in [0.1, 0.15) is 28.1 Å². The van der Waals surface area contributed by atoms with Gasteiger partial charge >= 0.3 is 0 Å². The van der Waals surface area contributed by atoms with E-state index in [0.29, 0.717) is 6.54 Å². The monoisotopic (exact) mass is 306 g/mol.